The molecule has 0 spiro atoms. The van der Waals surface area contributed by atoms with Gasteiger partial charge in [0.25, 0.3) is 0 Å². The maximum Gasteiger partial charge on any atom is 0.188 e. The maximum absolute atomic E-state index is 5.67. The van der Waals surface area contributed by atoms with Gasteiger partial charge in [0.1, 0.15) is 0 Å². The van der Waals surface area contributed by atoms with Crippen LogP contribution >= 0.6 is 24.0 Å². The number of ether oxygens (including phenoxy) is 1. The molecule has 0 aliphatic carbocycles. The van der Waals surface area contributed by atoms with E-state index in [9.17, 15) is 0 Å². The molecule has 1 heterocycles. The Hall–Kier alpha value is -0.300. The third kappa shape index (κ3) is 7.05. The number of nitrogens with one attached hydrogen (secondary N) is 1. The van der Waals surface area contributed by atoms with Gasteiger partial charge in [-0.3, -0.25) is 4.99 Å². The number of aliphatic imine (C=N–C) groups is 1. The van der Waals surface area contributed by atoms with Gasteiger partial charge in [-0.15, -0.1) is 24.0 Å². The van der Waals surface area contributed by atoms with Crippen LogP contribution in [-0.4, -0.2) is 32.3 Å². The average Bonchev–Trinajstić information content (AvgIpc) is 2.28. The molecule has 0 atom stereocenters. The van der Waals surface area contributed by atoms with Crippen LogP contribution in [0.2, 0.25) is 0 Å². The first-order chi connectivity index (χ1) is 7.33. The molecule has 0 saturated carbocycles. The molecule has 94 valence electrons. The van der Waals surface area contributed by atoms with E-state index in [1.807, 2.05) is 0 Å². The standard InChI is InChI=1S/C11H21N3O.HI/c1-2-6-13-11(12)14-7-3-10-4-8-15-9-5-10;/h4H,2-3,5-9H2,1H3,(H3,12,13,14);1H. The molecule has 0 saturated heterocycles. The molecular formula is C11H22IN3O. The normalized spacial score (nSPS) is 16.3. The highest BCUT2D eigenvalue weighted by Crippen LogP contribution is 2.10. The van der Waals surface area contributed by atoms with Crippen LogP contribution in [0.3, 0.4) is 0 Å². The fraction of sp³-hybridized carbons (Fsp3) is 0.727. The Labute approximate surface area is 115 Å². The third-order valence-corrected chi connectivity index (χ3v) is 2.32. The second-order valence-corrected chi connectivity index (χ2v) is 3.63. The Balaban J connectivity index is 0.00000225. The highest BCUT2D eigenvalue weighted by atomic mass is 127. The molecule has 0 bridgehead atoms. The molecule has 5 heteroatoms. The quantitative estimate of drug-likeness (QED) is 0.347. The summed E-state index contributed by atoms with van der Waals surface area (Å²) in [6.07, 6.45) is 5.27. The summed E-state index contributed by atoms with van der Waals surface area (Å²) in [7, 11) is 0. The predicted octanol–water partition coefficient (Wildman–Crippen LogP) is 1.66. The third-order valence-electron chi connectivity index (χ3n) is 2.32. The maximum atomic E-state index is 5.67. The molecule has 0 unspecified atom stereocenters. The average molecular weight is 339 g/mol. The Morgan fingerprint density at radius 2 is 2.44 bits per heavy atom. The van der Waals surface area contributed by atoms with Crippen molar-refractivity contribution in [1.82, 2.24) is 5.32 Å². The van der Waals surface area contributed by atoms with Gasteiger partial charge in [-0.2, -0.15) is 0 Å². The van der Waals surface area contributed by atoms with Gasteiger partial charge < -0.3 is 15.8 Å². The van der Waals surface area contributed by atoms with Gasteiger partial charge in [-0.05, 0) is 19.3 Å². The fourth-order valence-electron chi connectivity index (χ4n) is 1.43. The lowest BCUT2D eigenvalue weighted by molar-refractivity contribution is 0.153. The molecule has 3 N–H and O–H groups in total. The van der Waals surface area contributed by atoms with E-state index in [1.165, 1.54) is 5.57 Å². The minimum atomic E-state index is 0. The van der Waals surface area contributed by atoms with Gasteiger partial charge in [-0.25, -0.2) is 0 Å². The van der Waals surface area contributed by atoms with Crippen molar-refractivity contribution in [2.24, 2.45) is 10.7 Å². The van der Waals surface area contributed by atoms with E-state index in [2.05, 4.69) is 23.3 Å². The first kappa shape index (κ1) is 15.7. The molecule has 0 aromatic heterocycles. The van der Waals surface area contributed by atoms with Gasteiger partial charge in [0.05, 0.1) is 13.2 Å². The van der Waals surface area contributed by atoms with Crippen LogP contribution in [0.4, 0.5) is 0 Å². The van der Waals surface area contributed by atoms with Crippen LogP contribution in [0, 0.1) is 0 Å². The van der Waals surface area contributed by atoms with E-state index in [4.69, 9.17) is 10.5 Å². The van der Waals surface area contributed by atoms with Crippen molar-refractivity contribution in [2.45, 2.75) is 26.2 Å². The number of hydrogen-bond donors (Lipinski definition) is 2. The Morgan fingerprint density at radius 1 is 1.62 bits per heavy atom. The highest BCUT2D eigenvalue weighted by Gasteiger charge is 2.02. The number of nitrogens with two attached hydrogens (primary N) is 1. The molecule has 16 heavy (non-hydrogen) atoms. The summed E-state index contributed by atoms with van der Waals surface area (Å²) in [5.74, 6) is 0.560. The van der Waals surface area contributed by atoms with E-state index in [-0.39, 0.29) is 24.0 Å². The Kier molecular flexibility index (Phi) is 9.71. The van der Waals surface area contributed by atoms with Gasteiger partial charge in [0, 0.05) is 13.1 Å². The van der Waals surface area contributed by atoms with E-state index in [0.717, 1.165) is 45.6 Å². The second-order valence-electron chi connectivity index (χ2n) is 3.63. The molecule has 1 aliphatic rings. The van der Waals surface area contributed by atoms with E-state index in [1.54, 1.807) is 0 Å². The molecule has 1 aliphatic heterocycles. The van der Waals surface area contributed by atoms with Crippen molar-refractivity contribution in [2.75, 3.05) is 26.3 Å². The molecule has 4 nitrogen and oxygen atoms in total. The van der Waals surface area contributed by atoms with E-state index < -0.39 is 0 Å². The number of rotatable bonds is 5. The van der Waals surface area contributed by atoms with Gasteiger partial charge >= 0.3 is 0 Å². The van der Waals surface area contributed by atoms with Crippen LogP contribution in [0.25, 0.3) is 0 Å². The van der Waals surface area contributed by atoms with Gasteiger partial charge in [0.2, 0.25) is 0 Å². The zero-order valence-corrected chi connectivity index (χ0v) is 12.2. The number of hydrogen-bond acceptors (Lipinski definition) is 2. The van der Waals surface area contributed by atoms with Crippen LogP contribution in [0.5, 0.6) is 0 Å². The fourth-order valence-corrected chi connectivity index (χ4v) is 1.43. The lowest BCUT2D eigenvalue weighted by Gasteiger charge is -2.13. The highest BCUT2D eigenvalue weighted by molar-refractivity contribution is 14.0. The molecule has 0 fully saturated rings. The number of guanidine groups is 1. The summed E-state index contributed by atoms with van der Waals surface area (Å²) in [6, 6.07) is 0. The number of nitrogens with zero attached hydrogens (tertiary/aromatic N) is 1. The minimum Gasteiger partial charge on any atom is -0.377 e. The zero-order chi connectivity index (χ0) is 10.9. The molecular weight excluding hydrogens is 317 g/mol. The topological polar surface area (TPSA) is 59.6 Å². The zero-order valence-electron chi connectivity index (χ0n) is 9.87. The number of halogens is 1. The monoisotopic (exact) mass is 339 g/mol. The first-order valence-corrected chi connectivity index (χ1v) is 5.62. The van der Waals surface area contributed by atoms with Crippen LogP contribution < -0.4 is 11.1 Å². The van der Waals surface area contributed by atoms with Crippen LogP contribution in [0.15, 0.2) is 16.6 Å². The summed E-state index contributed by atoms with van der Waals surface area (Å²) >= 11 is 0. The smallest absolute Gasteiger partial charge is 0.188 e. The van der Waals surface area contributed by atoms with Crippen molar-refractivity contribution in [3.8, 4) is 0 Å². The van der Waals surface area contributed by atoms with Gasteiger partial charge in [0.15, 0.2) is 5.96 Å². The predicted molar refractivity (Wildman–Crippen MR) is 78.3 cm³/mol. The largest absolute Gasteiger partial charge is 0.377 e. The summed E-state index contributed by atoms with van der Waals surface area (Å²) < 4.78 is 5.24. The summed E-state index contributed by atoms with van der Waals surface area (Å²) in [6.45, 7) is 5.36. The molecule has 0 aromatic rings. The molecule has 1 rings (SSSR count). The molecule has 0 amide bonds. The van der Waals surface area contributed by atoms with E-state index in [0.29, 0.717) is 5.96 Å². The van der Waals surface area contributed by atoms with Crippen molar-refractivity contribution >= 4 is 29.9 Å². The summed E-state index contributed by atoms with van der Waals surface area (Å²) in [5.41, 5.74) is 7.13. The van der Waals surface area contributed by atoms with Crippen molar-refractivity contribution in [3.63, 3.8) is 0 Å². The summed E-state index contributed by atoms with van der Waals surface area (Å²) in [5, 5.41) is 3.11. The lowest BCUT2D eigenvalue weighted by atomic mass is 10.1. The lowest BCUT2D eigenvalue weighted by Crippen LogP contribution is -2.32. The minimum absolute atomic E-state index is 0. The van der Waals surface area contributed by atoms with Crippen LogP contribution in [-0.2, 0) is 4.74 Å². The van der Waals surface area contributed by atoms with Crippen molar-refractivity contribution in [1.29, 1.82) is 0 Å². The summed E-state index contributed by atoms with van der Waals surface area (Å²) in [4.78, 5) is 4.16. The SMILES string of the molecule is CCCN=C(N)NCCC1=CCOCC1.I. The first-order valence-electron chi connectivity index (χ1n) is 5.62. The molecule has 0 radical (unpaired) electrons. The van der Waals surface area contributed by atoms with Gasteiger partial charge in [-0.1, -0.05) is 18.6 Å². The Bertz CT molecular complexity index is 241. The van der Waals surface area contributed by atoms with Crippen molar-refractivity contribution in [3.05, 3.63) is 11.6 Å². The Morgan fingerprint density at radius 3 is 3.06 bits per heavy atom. The van der Waals surface area contributed by atoms with Crippen LogP contribution in [0.1, 0.15) is 26.2 Å². The molecule has 0 aromatic carbocycles. The second kappa shape index (κ2) is 9.89. The van der Waals surface area contributed by atoms with E-state index >= 15 is 0 Å². The van der Waals surface area contributed by atoms with Crippen molar-refractivity contribution < 1.29 is 4.74 Å².